The van der Waals surface area contributed by atoms with Gasteiger partial charge in [-0.3, -0.25) is 0 Å². The topological polar surface area (TPSA) is 37.3 Å². The van der Waals surface area contributed by atoms with Crippen molar-refractivity contribution < 1.29 is 9.90 Å². The zero-order valence-electron chi connectivity index (χ0n) is 5.87. The first-order chi connectivity index (χ1) is 4.72. The van der Waals surface area contributed by atoms with Gasteiger partial charge in [0.2, 0.25) is 0 Å². The Kier molecular flexibility index (Phi) is 3.96. The van der Waals surface area contributed by atoms with Crippen LogP contribution in [0.5, 0.6) is 0 Å². The summed E-state index contributed by atoms with van der Waals surface area (Å²) in [7, 11) is 0. The fraction of sp³-hybridized carbons (Fsp3) is 0.125. The highest BCUT2D eigenvalue weighted by Crippen LogP contribution is 1.95. The summed E-state index contributed by atoms with van der Waals surface area (Å²) in [6.07, 6.45) is 6.15. The fourth-order valence-electron chi connectivity index (χ4n) is 0.463. The molecule has 0 amide bonds. The standard InChI is InChI=1S/C8H10O2/c1-3-5-6-7(4-2)8(9)10/h3-6H,1H2,2H3,(H,9,10). The quantitative estimate of drug-likeness (QED) is 0.476. The lowest BCUT2D eigenvalue weighted by Gasteiger charge is -1.88. The Balaban J connectivity index is 4.25. The second-order valence-electron chi connectivity index (χ2n) is 1.64. The van der Waals surface area contributed by atoms with E-state index in [-0.39, 0.29) is 5.57 Å². The summed E-state index contributed by atoms with van der Waals surface area (Å²) in [5.41, 5.74) is 0.278. The van der Waals surface area contributed by atoms with Crippen LogP contribution in [0.25, 0.3) is 0 Å². The van der Waals surface area contributed by atoms with Gasteiger partial charge in [0.05, 0.1) is 5.57 Å². The largest absolute Gasteiger partial charge is 0.478 e. The van der Waals surface area contributed by atoms with Crippen LogP contribution in [0.2, 0.25) is 0 Å². The van der Waals surface area contributed by atoms with Gasteiger partial charge in [0.15, 0.2) is 0 Å². The monoisotopic (exact) mass is 138 g/mol. The predicted octanol–water partition coefficient (Wildman–Crippen LogP) is 1.76. The predicted molar refractivity (Wildman–Crippen MR) is 40.7 cm³/mol. The van der Waals surface area contributed by atoms with Crippen molar-refractivity contribution in [2.24, 2.45) is 0 Å². The van der Waals surface area contributed by atoms with Crippen LogP contribution >= 0.6 is 0 Å². The molecule has 0 saturated heterocycles. The van der Waals surface area contributed by atoms with Crippen molar-refractivity contribution in [2.75, 3.05) is 0 Å². The minimum Gasteiger partial charge on any atom is -0.478 e. The lowest BCUT2D eigenvalue weighted by Crippen LogP contribution is -1.96. The number of carbonyl (C=O) groups is 1. The number of carboxylic acids is 1. The maximum Gasteiger partial charge on any atom is 0.335 e. The smallest absolute Gasteiger partial charge is 0.335 e. The van der Waals surface area contributed by atoms with Gasteiger partial charge in [-0.1, -0.05) is 24.8 Å². The summed E-state index contributed by atoms with van der Waals surface area (Å²) in [6.45, 7) is 5.10. The molecule has 0 aromatic rings. The molecule has 10 heavy (non-hydrogen) atoms. The van der Waals surface area contributed by atoms with Crippen molar-refractivity contribution in [2.45, 2.75) is 6.92 Å². The fourth-order valence-corrected chi connectivity index (χ4v) is 0.463. The van der Waals surface area contributed by atoms with Crippen LogP contribution in [0.1, 0.15) is 6.92 Å². The molecule has 0 aromatic heterocycles. The lowest BCUT2D eigenvalue weighted by molar-refractivity contribution is -0.132. The molecule has 0 saturated carbocycles. The number of hydrogen-bond acceptors (Lipinski definition) is 1. The Morgan fingerprint density at radius 1 is 1.60 bits per heavy atom. The molecule has 0 spiro atoms. The average Bonchev–Trinajstić information content (AvgIpc) is 1.89. The summed E-state index contributed by atoms with van der Waals surface area (Å²) in [4.78, 5) is 10.3. The van der Waals surface area contributed by atoms with Crippen LogP contribution in [-0.4, -0.2) is 11.1 Å². The third-order valence-corrected chi connectivity index (χ3v) is 0.970. The second-order valence-corrected chi connectivity index (χ2v) is 1.64. The SMILES string of the molecule is C=CC=CC(=CC)C(=O)O. The van der Waals surface area contributed by atoms with Crippen molar-refractivity contribution >= 4 is 5.97 Å². The lowest BCUT2D eigenvalue weighted by atomic mass is 10.2. The van der Waals surface area contributed by atoms with Crippen LogP contribution in [0.3, 0.4) is 0 Å². The molecule has 2 heteroatoms. The van der Waals surface area contributed by atoms with Gasteiger partial charge >= 0.3 is 5.97 Å². The molecular weight excluding hydrogens is 128 g/mol. The third-order valence-electron chi connectivity index (χ3n) is 0.970. The van der Waals surface area contributed by atoms with E-state index in [9.17, 15) is 4.79 Å². The molecule has 0 aromatic carbocycles. The summed E-state index contributed by atoms with van der Waals surface area (Å²) < 4.78 is 0. The van der Waals surface area contributed by atoms with Crippen LogP contribution in [0.4, 0.5) is 0 Å². The van der Waals surface area contributed by atoms with Gasteiger partial charge in [0.1, 0.15) is 0 Å². The number of aliphatic carboxylic acids is 1. The first-order valence-corrected chi connectivity index (χ1v) is 2.91. The highest BCUT2D eigenvalue weighted by atomic mass is 16.4. The minimum absolute atomic E-state index is 0.278. The molecule has 1 N–H and O–H groups in total. The molecule has 0 rings (SSSR count). The summed E-state index contributed by atoms with van der Waals surface area (Å²) in [5.74, 6) is -0.916. The van der Waals surface area contributed by atoms with Gasteiger partial charge in [-0.2, -0.15) is 0 Å². The van der Waals surface area contributed by atoms with Crippen LogP contribution < -0.4 is 0 Å². The third kappa shape index (κ3) is 2.87. The van der Waals surface area contributed by atoms with Crippen LogP contribution in [0, 0.1) is 0 Å². The molecule has 0 unspecified atom stereocenters. The highest BCUT2D eigenvalue weighted by Gasteiger charge is 1.97. The zero-order chi connectivity index (χ0) is 7.98. The molecule has 0 radical (unpaired) electrons. The molecule has 0 aliphatic carbocycles. The Labute approximate surface area is 60.2 Å². The van der Waals surface area contributed by atoms with Crippen molar-refractivity contribution in [1.29, 1.82) is 0 Å². The number of hydrogen-bond donors (Lipinski definition) is 1. The first kappa shape index (κ1) is 8.69. The molecule has 0 atom stereocenters. The average molecular weight is 138 g/mol. The molecule has 54 valence electrons. The molecule has 0 aliphatic heterocycles. The van der Waals surface area contributed by atoms with Gasteiger partial charge in [-0.15, -0.1) is 0 Å². The van der Waals surface area contributed by atoms with Crippen LogP contribution in [-0.2, 0) is 4.79 Å². The second kappa shape index (κ2) is 4.56. The molecule has 0 fully saturated rings. The molecule has 0 aliphatic rings. The summed E-state index contributed by atoms with van der Waals surface area (Å²) in [6, 6.07) is 0. The normalized spacial score (nSPS) is 11.9. The van der Waals surface area contributed by atoms with Gasteiger partial charge in [-0.25, -0.2) is 4.79 Å². The van der Waals surface area contributed by atoms with Crippen molar-refractivity contribution in [3.8, 4) is 0 Å². The Morgan fingerprint density at radius 3 is 2.50 bits per heavy atom. The molecule has 2 nitrogen and oxygen atoms in total. The number of allylic oxidation sites excluding steroid dienone is 3. The van der Waals surface area contributed by atoms with Gasteiger partial charge in [-0.05, 0) is 13.0 Å². The first-order valence-electron chi connectivity index (χ1n) is 2.91. The summed E-state index contributed by atoms with van der Waals surface area (Å²) in [5, 5.41) is 8.45. The van der Waals surface area contributed by atoms with E-state index in [0.717, 1.165) is 0 Å². The van der Waals surface area contributed by atoms with Crippen molar-refractivity contribution in [1.82, 2.24) is 0 Å². The molecule has 0 heterocycles. The number of rotatable bonds is 3. The Morgan fingerprint density at radius 2 is 2.20 bits per heavy atom. The van der Waals surface area contributed by atoms with E-state index in [0.29, 0.717) is 0 Å². The van der Waals surface area contributed by atoms with Gasteiger partial charge in [0, 0.05) is 0 Å². The van der Waals surface area contributed by atoms with E-state index in [1.165, 1.54) is 18.2 Å². The van der Waals surface area contributed by atoms with Crippen molar-refractivity contribution in [3.63, 3.8) is 0 Å². The van der Waals surface area contributed by atoms with E-state index in [2.05, 4.69) is 6.58 Å². The van der Waals surface area contributed by atoms with E-state index in [1.807, 2.05) is 0 Å². The molecular formula is C8H10O2. The maximum absolute atomic E-state index is 10.3. The van der Waals surface area contributed by atoms with E-state index < -0.39 is 5.97 Å². The van der Waals surface area contributed by atoms with E-state index in [4.69, 9.17) is 5.11 Å². The highest BCUT2D eigenvalue weighted by molar-refractivity contribution is 5.89. The van der Waals surface area contributed by atoms with E-state index >= 15 is 0 Å². The van der Waals surface area contributed by atoms with Gasteiger partial charge < -0.3 is 5.11 Å². The maximum atomic E-state index is 10.3. The Bertz CT molecular complexity index is 187. The van der Waals surface area contributed by atoms with E-state index in [1.54, 1.807) is 13.0 Å². The molecule has 0 bridgehead atoms. The Hall–Kier alpha value is -1.31. The zero-order valence-corrected chi connectivity index (χ0v) is 5.87. The van der Waals surface area contributed by atoms with Crippen molar-refractivity contribution in [3.05, 3.63) is 36.5 Å². The van der Waals surface area contributed by atoms with Crippen LogP contribution in [0.15, 0.2) is 36.5 Å². The van der Waals surface area contributed by atoms with Gasteiger partial charge in [0.25, 0.3) is 0 Å². The number of carboxylic acid groups (broad SMARTS) is 1. The minimum atomic E-state index is -0.916. The summed E-state index contributed by atoms with van der Waals surface area (Å²) >= 11 is 0.